The molecule has 2 aliphatic heterocycles. The predicted molar refractivity (Wildman–Crippen MR) is 111 cm³/mol. The lowest BCUT2D eigenvalue weighted by Crippen LogP contribution is -2.27. The highest BCUT2D eigenvalue weighted by molar-refractivity contribution is 5.78. The van der Waals surface area contributed by atoms with E-state index in [1.165, 1.54) is 5.56 Å². The molecule has 166 valence electrons. The SMILES string of the molecule is O=C1CCCN1CCCNc1nc(Nc2ccc3c(c2)CNCC3)ncc1C(F)(F)F. The minimum Gasteiger partial charge on any atom is -0.369 e. The average Bonchev–Trinajstić information content (AvgIpc) is 3.15. The van der Waals surface area contributed by atoms with Gasteiger partial charge in [-0.25, -0.2) is 4.98 Å². The number of alkyl halides is 3. The number of aromatic nitrogens is 2. The van der Waals surface area contributed by atoms with Crippen molar-refractivity contribution < 1.29 is 18.0 Å². The Morgan fingerprint density at radius 2 is 2.06 bits per heavy atom. The van der Waals surface area contributed by atoms with Crippen molar-refractivity contribution in [3.63, 3.8) is 0 Å². The smallest absolute Gasteiger partial charge is 0.369 e. The fraction of sp³-hybridized carbons (Fsp3) is 0.476. The van der Waals surface area contributed by atoms with E-state index in [2.05, 4.69) is 25.9 Å². The molecule has 1 aromatic carbocycles. The Kier molecular flexibility index (Phi) is 6.26. The molecule has 31 heavy (non-hydrogen) atoms. The third kappa shape index (κ3) is 5.25. The molecule has 0 aliphatic carbocycles. The molecule has 3 heterocycles. The van der Waals surface area contributed by atoms with Gasteiger partial charge in [-0.2, -0.15) is 18.2 Å². The Morgan fingerprint density at radius 1 is 1.19 bits per heavy atom. The number of fused-ring (bicyclic) bond motifs is 1. The van der Waals surface area contributed by atoms with Gasteiger partial charge in [0.05, 0.1) is 0 Å². The zero-order valence-electron chi connectivity index (χ0n) is 17.1. The Labute approximate surface area is 178 Å². The van der Waals surface area contributed by atoms with Gasteiger partial charge in [0.2, 0.25) is 11.9 Å². The first-order valence-corrected chi connectivity index (χ1v) is 10.5. The molecule has 0 radical (unpaired) electrons. The number of nitrogens with zero attached hydrogens (tertiary/aromatic N) is 3. The summed E-state index contributed by atoms with van der Waals surface area (Å²) in [5.41, 5.74) is 2.22. The highest BCUT2D eigenvalue weighted by Gasteiger charge is 2.35. The predicted octanol–water partition coefficient (Wildman–Crippen LogP) is 3.31. The van der Waals surface area contributed by atoms with Crippen molar-refractivity contribution in [2.75, 3.05) is 36.8 Å². The third-order valence-corrected chi connectivity index (χ3v) is 5.51. The number of carbonyl (C=O) groups excluding carboxylic acids is 1. The summed E-state index contributed by atoms with van der Waals surface area (Å²) in [4.78, 5) is 21.3. The molecular formula is C21H25F3N6O. The topological polar surface area (TPSA) is 82.2 Å². The summed E-state index contributed by atoms with van der Waals surface area (Å²) >= 11 is 0. The van der Waals surface area contributed by atoms with E-state index < -0.39 is 11.7 Å². The second-order valence-corrected chi connectivity index (χ2v) is 7.75. The van der Waals surface area contributed by atoms with Crippen molar-refractivity contribution >= 4 is 23.4 Å². The fourth-order valence-electron chi connectivity index (χ4n) is 3.89. The van der Waals surface area contributed by atoms with Gasteiger partial charge in [-0.1, -0.05) is 6.07 Å². The Balaban J connectivity index is 1.44. The van der Waals surface area contributed by atoms with Gasteiger partial charge in [-0.15, -0.1) is 0 Å². The van der Waals surface area contributed by atoms with Crippen molar-refractivity contribution in [1.29, 1.82) is 0 Å². The number of hydrogen-bond acceptors (Lipinski definition) is 6. The lowest BCUT2D eigenvalue weighted by molar-refractivity contribution is -0.137. The number of halogens is 3. The van der Waals surface area contributed by atoms with E-state index in [0.717, 1.165) is 43.4 Å². The first-order chi connectivity index (χ1) is 14.9. The van der Waals surface area contributed by atoms with Gasteiger partial charge < -0.3 is 20.9 Å². The number of rotatable bonds is 7. The number of anilines is 3. The lowest BCUT2D eigenvalue weighted by atomic mass is 10.0. The molecular weight excluding hydrogens is 409 g/mol. The van der Waals surface area contributed by atoms with Crippen LogP contribution in [0.5, 0.6) is 0 Å². The maximum Gasteiger partial charge on any atom is 0.421 e. The standard InChI is InChI=1S/C21H25F3N6O/c22-21(23,24)17-13-27-20(28-16-5-4-14-6-8-25-12-15(14)11-16)29-19(17)26-7-2-10-30-9-1-3-18(30)31/h4-5,11,13,25H,1-3,6-10,12H2,(H2,26,27,28,29). The number of carbonyl (C=O) groups is 1. The third-order valence-electron chi connectivity index (χ3n) is 5.51. The number of benzene rings is 1. The zero-order valence-corrected chi connectivity index (χ0v) is 17.1. The van der Waals surface area contributed by atoms with Crippen LogP contribution < -0.4 is 16.0 Å². The van der Waals surface area contributed by atoms with Crippen LogP contribution in [0, 0.1) is 0 Å². The molecule has 1 aromatic heterocycles. The van der Waals surface area contributed by atoms with E-state index >= 15 is 0 Å². The monoisotopic (exact) mass is 434 g/mol. The highest BCUT2D eigenvalue weighted by atomic mass is 19.4. The van der Waals surface area contributed by atoms with Crippen molar-refractivity contribution in [2.24, 2.45) is 0 Å². The van der Waals surface area contributed by atoms with Crippen LogP contribution in [-0.4, -0.2) is 47.0 Å². The summed E-state index contributed by atoms with van der Waals surface area (Å²) in [6.07, 6.45) is -0.905. The van der Waals surface area contributed by atoms with Crippen LogP contribution in [-0.2, 0) is 23.9 Å². The molecule has 2 aromatic rings. The van der Waals surface area contributed by atoms with Gasteiger partial charge >= 0.3 is 6.18 Å². The van der Waals surface area contributed by atoms with E-state index in [1.807, 2.05) is 18.2 Å². The maximum atomic E-state index is 13.4. The lowest BCUT2D eigenvalue weighted by Gasteiger charge is -2.19. The van der Waals surface area contributed by atoms with Gasteiger partial charge in [0.15, 0.2) is 0 Å². The minimum atomic E-state index is -4.57. The van der Waals surface area contributed by atoms with Crippen LogP contribution in [0.15, 0.2) is 24.4 Å². The van der Waals surface area contributed by atoms with E-state index in [-0.39, 0.29) is 24.2 Å². The summed E-state index contributed by atoms with van der Waals surface area (Å²) in [5.74, 6) is -0.0731. The van der Waals surface area contributed by atoms with Gasteiger partial charge in [0.1, 0.15) is 11.4 Å². The molecule has 4 rings (SSSR count). The Morgan fingerprint density at radius 3 is 2.84 bits per heavy atom. The van der Waals surface area contributed by atoms with Gasteiger partial charge in [0.25, 0.3) is 0 Å². The number of hydrogen-bond donors (Lipinski definition) is 3. The molecule has 0 spiro atoms. The largest absolute Gasteiger partial charge is 0.421 e. The van der Waals surface area contributed by atoms with Crippen LogP contribution in [0.2, 0.25) is 0 Å². The second kappa shape index (κ2) is 9.09. The summed E-state index contributed by atoms with van der Waals surface area (Å²) in [6.45, 7) is 3.19. The summed E-state index contributed by atoms with van der Waals surface area (Å²) in [6, 6.07) is 5.86. The van der Waals surface area contributed by atoms with Crippen LogP contribution in [0.25, 0.3) is 0 Å². The molecule has 1 amide bonds. The zero-order chi connectivity index (χ0) is 21.8. The molecule has 10 heteroatoms. The van der Waals surface area contributed by atoms with Crippen LogP contribution in [0.1, 0.15) is 36.0 Å². The normalized spacial score (nSPS) is 16.4. The molecule has 0 saturated carbocycles. The second-order valence-electron chi connectivity index (χ2n) is 7.75. The summed E-state index contributed by atoms with van der Waals surface area (Å²) < 4.78 is 40.2. The van der Waals surface area contributed by atoms with Crippen molar-refractivity contribution in [1.82, 2.24) is 20.2 Å². The molecule has 2 aliphatic rings. The first kappa shape index (κ1) is 21.4. The molecule has 0 bridgehead atoms. The highest BCUT2D eigenvalue weighted by Crippen LogP contribution is 2.34. The van der Waals surface area contributed by atoms with E-state index in [1.54, 1.807) is 4.90 Å². The summed E-state index contributed by atoms with van der Waals surface area (Å²) in [5, 5.41) is 9.08. The molecule has 0 unspecified atom stereocenters. The van der Waals surface area contributed by atoms with Crippen molar-refractivity contribution in [2.45, 2.75) is 38.4 Å². The van der Waals surface area contributed by atoms with E-state index in [9.17, 15) is 18.0 Å². The van der Waals surface area contributed by atoms with Crippen LogP contribution in [0.4, 0.5) is 30.6 Å². The fourth-order valence-corrected chi connectivity index (χ4v) is 3.89. The maximum absolute atomic E-state index is 13.4. The van der Waals surface area contributed by atoms with E-state index in [0.29, 0.717) is 25.9 Å². The Bertz CT molecular complexity index is 949. The van der Waals surface area contributed by atoms with Gasteiger partial charge in [-0.3, -0.25) is 4.79 Å². The quantitative estimate of drug-likeness (QED) is 0.580. The molecule has 0 atom stereocenters. The minimum absolute atomic E-state index is 0.0916. The summed E-state index contributed by atoms with van der Waals surface area (Å²) in [7, 11) is 0. The van der Waals surface area contributed by atoms with Gasteiger partial charge in [-0.05, 0) is 49.1 Å². The molecule has 1 saturated heterocycles. The van der Waals surface area contributed by atoms with E-state index in [4.69, 9.17) is 0 Å². The van der Waals surface area contributed by atoms with Crippen molar-refractivity contribution in [3.8, 4) is 0 Å². The van der Waals surface area contributed by atoms with Gasteiger partial charge in [0, 0.05) is 44.5 Å². The Hall–Kier alpha value is -2.88. The molecule has 1 fully saturated rings. The van der Waals surface area contributed by atoms with Crippen LogP contribution >= 0.6 is 0 Å². The number of likely N-dealkylation sites (tertiary alicyclic amines) is 1. The van der Waals surface area contributed by atoms with Crippen LogP contribution in [0.3, 0.4) is 0 Å². The first-order valence-electron chi connectivity index (χ1n) is 10.5. The number of amides is 1. The molecule has 3 N–H and O–H groups in total. The van der Waals surface area contributed by atoms with Crippen molar-refractivity contribution in [3.05, 3.63) is 41.1 Å². The number of nitrogens with one attached hydrogen (secondary N) is 3. The molecule has 7 nitrogen and oxygen atoms in total. The average molecular weight is 434 g/mol.